The van der Waals surface area contributed by atoms with Crippen LogP contribution in [0.4, 0.5) is 0 Å². The molecule has 33 heavy (non-hydrogen) atoms. The summed E-state index contributed by atoms with van der Waals surface area (Å²) in [6, 6.07) is 18.8. The molecule has 4 aromatic rings. The monoisotopic (exact) mass is 445 g/mol. The van der Waals surface area contributed by atoms with E-state index in [0.717, 1.165) is 27.8 Å². The highest BCUT2D eigenvalue weighted by Gasteiger charge is 2.31. The number of ether oxygens (including phenoxy) is 3. The second kappa shape index (κ2) is 8.91. The molecule has 0 N–H and O–H groups in total. The van der Waals surface area contributed by atoms with E-state index in [9.17, 15) is 4.79 Å². The van der Waals surface area contributed by atoms with E-state index in [1.54, 1.807) is 19.1 Å². The molecule has 1 fully saturated rings. The molecule has 0 aliphatic carbocycles. The zero-order chi connectivity index (χ0) is 22.8. The van der Waals surface area contributed by atoms with Gasteiger partial charge in [-0.25, -0.2) is 0 Å². The first-order valence-corrected chi connectivity index (χ1v) is 10.6. The van der Waals surface area contributed by atoms with Crippen LogP contribution in [0.25, 0.3) is 22.2 Å². The zero-order valence-corrected chi connectivity index (χ0v) is 18.4. The van der Waals surface area contributed by atoms with Crippen molar-refractivity contribution < 1.29 is 23.5 Å². The Morgan fingerprint density at radius 2 is 1.79 bits per heavy atom. The second-order valence-electron chi connectivity index (χ2n) is 7.66. The third kappa shape index (κ3) is 4.01. The summed E-state index contributed by atoms with van der Waals surface area (Å²) >= 11 is 0. The molecule has 3 aromatic carbocycles. The van der Waals surface area contributed by atoms with Gasteiger partial charge in [-0.05, 0) is 41.8 Å². The molecular formula is C25H23N3O5. The lowest BCUT2D eigenvalue weighted by Crippen LogP contribution is -2.42. The van der Waals surface area contributed by atoms with Gasteiger partial charge in [0.05, 0.1) is 27.4 Å². The maximum Gasteiger partial charge on any atom is 0.257 e. The molecule has 1 amide bonds. The molecule has 1 aliphatic heterocycles. The van der Waals surface area contributed by atoms with Crippen molar-refractivity contribution in [2.24, 2.45) is 0 Å². The van der Waals surface area contributed by atoms with Gasteiger partial charge in [-0.3, -0.25) is 4.79 Å². The number of rotatable bonds is 5. The SMILES string of the molecule is COc1ccc(-c2noc(C3CN(C(=O)c4ccc(OC)c5ccccc45)CCO3)n2)cc1. The minimum absolute atomic E-state index is 0.0722. The average Bonchev–Trinajstić information content (AvgIpc) is 3.38. The number of amides is 1. The van der Waals surface area contributed by atoms with Crippen LogP contribution < -0.4 is 9.47 Å². The van der Waals surface area contributed by atoms with Gasteiger partial charge in [-0.1, -0.05) is 29.4 Å². The van der Waals surface area contributed by atoms with Gasteiger partial charge in [-0.15, -0.1) is 0 Å². The second-order valence-corrected chi connectivity index (χ2v) is 7.66. The smallest absolute Gasteiger partial charge is 0.257 e. The Bertz CT molecular complexity index is 1280. The summed E-state index contributed by atoms with van der Waals surface area (Å²) < 4.78 is 22.0. The van der Waals surface area contributed by atoms with E-state index in [1.807, 2.05) is 60.7 Å². The van der Waals surface area contributed by atoms with E-state index in [4.69, 9.17) is 18.7 Å². The molecule has 5 rings (SSSR count). The van der Waals surface area contributed by atoms with Crippen molar-refractivity contribution in [1.29, 1.82) is 0 Å². The molecule has 1 aliphatic rings. The van der Waals surface area contributed by atoms with E-state index in [0.29, 0.717) is 37.0 Å². The van der Waals surface area contributed by atoms with Crippen molar-refractivity contribution in [1.82, 2.24) is 15.0 Å². The van der Waals surface area contributed by atoms with Crippen molar-refractivity contribution in [3.05, 3.63) is 72.1 Å². The summed E-state index contributed by atoms with van der Waals surface area (Å²) in [5, 5.41) is 5.83. The van der Waals surface area contributed by atoms with E-state index in [1.165, 1.54) is 0 Å². The molecule has 8 nitrogen and oxygen atoms in total. The number of morpholine rings is 1. The molecule has 1 unspecified atom stereocenters. The van der Waals surface area contributed by atoms with E-state index < -0.39 is 6.10 Å². The largest absolute Gasteiger partial charge is 0.497 e. The Balaban J connectivity index is 1.37. The van der Waals surface area contributed by atoms with Crippen molar-refractivity contribution in [3.8, 4) is 22.9 Å². The summed E-state index contributed by atoms with van der Waals surface area (Å²) in [4.78, 5) is 19.7. The highest BCUT2D eigenvalue weighted by atomic mass is 16.5. The normalized spacial score (nSPS) is 16.1. The van der Waals surface area contributed by atoms with Crippen LogP contribution in [0.5, 0.6) is 11.5 Å². The number of hydrogen-bond acceptors (Lipinski definition) is 7. The van der Waals surface area contributed by atoms with Crippen LogP contribution in [0.3, 0.4) is 0 Å². The predicted molar refractivity (Wildman–Crippen MR) is 121 cm³/mol. The number of aromatic nitrogens is 2. The Labute approximate surface area is 190 Å². The fraction of sp³-hybridized carbons (Fsp3) is 0.240. The van der Waals surface area contributed by atoms with Crippen molar-refractivity contribution in [2.75, 3.05) is 33.9 Å². The fourth-order valence-corrected chi connectivity index (χ4v) is 4.01. The number of methoxy groups -OCH3 is 2. The number of fused-ring (bicyclic) bond motifs is 1. The molecule has 1 aromatic heterocycles. The van der Waals surface area contributed by atoms with Crippen LogP contribution in [0.1, 0.15) is 22.4 Å². The topological polar surface area (TPSA) is 86.9 Å². The molecule has 1 atom stereocenters. The average molecular weight is 445 g/mol. The van der Waals surface area contributed by atoms with Gasteiger partial charge in [-0.2, -0.15) is 4.98 Å². The quantitative estimate of drug-likeness (QED) is 0.457. The highest BCUT2D eigenvalue weighted by molar-refractivity contribution is 6.08. The van der Waals surface area contributed by atoms with E-state index in [2.05, 4.69) is 10.1 Å². The first-order chi connectivity index (χ1) is 16.2. The lowest BCUT2D eigenvalue weighted by atomic mass is 10.0. The Morgan fingerprint density at radius 3 is 2.55 bits per heavy atom. The van der Waals surface area contributed by atoms with Crippen LogP contribution in [0.2, 0.25) is 0 Å². The Morgan fingerprint density at radius 1 is 1.00 bits per heavy atom. The summed E-state index contributed by atoms with van der Waals surface area (Å²) in [5.41, 5.74) is 1.43. The lowest BCUT2D eigenvalue weighted by molar-refractivity contribution is -0.0366. The van der Waals surface area contributed by atoms with Gasteiger partial charge in [0.2, 0.25) is 5.82 Å². The van der Waals surface area contributed by atoms with Crippen LogP contribution in [-0.2, 0) is 4.74 Å². The maximum atomic E-state index is 13.4. The van der Waals surface area contributed by atoms with Crippen LogP contribution in [-0.4, -0.2) is 54.9 Å². The number of hydrogen-bond donors (Lipinski definition) is 0. The van der Waals surface area contributed by atoms with Gasteiger partial charge < -0.3 is 23.6 Å². The number of carbonyl (C=O) groups excluding carboxylic acids is 1. The van der Waals surface area contributed by atoms with Crippen molar-refractivity contribution >= 4 is 16.7 Å². The molecule has 1 saturated heterocycles. The van der Waals surface area contributed by atoms with Crippen molar-refractivity contribution in [2.45, 2.75) is 6.10 Å². The van der Waals surface area contributed by atoms with Gasteiger partial charge >= 0.3 is 0 Å². The molecule has 0 spiro atoms. The van der Waals surface area contributed by atoms with Crippen LogP contribution in [0, 0.1) is 0 Å². The number of benzene rings is 3. The molecule has 0 bridgehead atoms. The summed E-state index contributed by atoms with van der Waals surface area (Å²) in [7, 11) is 3.24. The zero-order valence-electron chi connectivity index (χ0n) is 18.4. The first kappa shape index (κ1) is 21.0. The summed E-state index contributed by atoms with van der Waals surface area (Å²) in [5.74, 6) is 2.22. The van der Waals surface area contributed by atoms with E-state index >= 15 is 0 Å². The standard InChI is InChI=1S/C25H23N3O5/c1-30-17-9-7-16(8-10-17)23-26-24(33-27-23)22-15-28(13-14-32-22)25(29)20-11-12-21(31-2)19-6-4-3-5-18(19)20/h3-12,22H,13-15H2,1-2H3. The molecule has 2 heterocycles. The Hall–Kier alpha value is -3.91. The highest BCUT2D eigenvalue weighted by Crippen LogP contribution is 2.31. The lowest BCUT2D eigenvalue weighted by Gasteiger charge is -2.31. The Kier molecular flexibility index (Phi) is 5.66. The van der Waals surface area contributed by atoms with Crippen molar-refractivity contribution in [3.63, 3.8) is 0 Å². The molecule has 0 saturated carbocycles. The van der Waals surface area contributed by atoms with Gasteiger partial charge in [0.25, 0.3) is 11.8 Å². The van der Waals surface area contributed by atoms with Crippen LogP contribution in [0.15, 0.2) is 65.2 Å². The molecular weight excluding hydrogens is 422 g/mol. The van der Waals surface area contributed by atoms with Gasteiger partial charge in [0.15, 0.2) is 6.10 Å². The first-order valence-electron chi connectivity index (χ1n) is 10.6. The minimum Gasteiger partial charge on any atom is -0.497 e. The third-order valence-electron chi connectivity index (χ3n) is 5.75. The summed E-state index contributed by atoms with van der Waals surface area (Å²) in [6.45, 7) is 1.18. The molecule has 168 valence electrons. The third-order valence-corrected chi connectivity index (χ3v) is 5.75. The molecule has 8 heteroatoms. The van der Waals surface area contributed by atoms with Crippen LogP contribution >= 0.6 is 0 Å². The van der Waals surface area contributed by atoms with E-state index in [-0.39, 0.29) is 5.91 Å². The number of nitrogens with zero attached hydrogens (tertiary/aromatic N) is 3. The molecule has 0 radical (unpaired) electrons. The predicted octanol–water partition coefficient (Wildman–Crippen LogP) is 4.12. The number of carbonyl (C=O) groups is 1. The minimum atomic E-state index is -0.494. The summed E-state index contributed by atoms with van der Waals surface area (Å²) in [6.07, 6.45) is -0.494. The fourth-order valence-electron chi connectivity index (χ4n) is 4.01. The maximum absolute atomic E-state index is 13.4. The van der Waals surface area contributed by atoms with Gasteiger partial charge in [0, 0.05) is 23.1 Å². The van der Waals surface area contributed by atoms with Gasteiger partial charge in [0.1, 0.15) is 11.5 Å².